The van der Waals surface area contributed by atoms with Gasteiger partial charge >= 0.3 is 0 Å². The Morgan fingerprint density at radius 1 is 0.864 bits per heavy atom. The summed E-state index contributed by atoms with van der Waals surface area (Å²) < 4.78 is 0.661. The van der Waals surface area contributed by atoms with Gasteiger partial charge < -0.3 is 0 Å². The molecule has 2 aromatic carbocycles. The number of carbonyl (C=O) groups is 2. The molecular formula is C15H12BrN3O2S. The van der Waals surface area contributed by atoms with Gasteiger partial charge in [-0.3, -0.25) is 25.8 Å². The number of benzene rings is 2. The average Bonchev–Trinajstić information content (AvgIpc) is 2.54. The summed E-state index contributed by atoms with van der Waals surface area (Å²) in [6, 6.07) is 15.6. The summed E-state index contributed by atoms with van der Waals surface area (Å²) in [6.45, 7) is 0. The van der Waals surface area contributed by atoms with E-state index in [9.17, 15) is 9.59 Å². The lowest BCUT2D eigenvalue weighted by Crippen LogP contribution is -2.48. The maximum Gasteiger partial charge on any atom is 0.270 e. The predicted molar refractivity (Wildman–Crippen MR) is 91.3 cm³/mol. The van der Waals surface area contributed by atoms with Crippen LogP contribution in [0.5, 0.6) is 0 Å². The van der Waals surface area contributed by atoms with Crippen LogP contribution in [-0.2, 0) is 0 Å². The number of carbonyl (C=O) groups excluding carboxylic acids is 2. The van der Waals surface area contributed by atoms with Crippen LogP contribution in [0.15, 0.2) is 59.1 Å². The molecule has 7 heteroatoms. The van der Waals surface area contributed by atoms with Crippen LogP contribution in [0.4, 0.5) is 0 Å². The number of amides is 2. The molecule has 0 aliphatic rings. The quantitative estimate of drug-likeness (QED) is 0.555. The van der Waals surface area contributed by atoms with Crippen molar-refractivity contribution in [1.29, 1.82) is 0 Å². The number of hydrogen-bond acceptors (Lipinski definition) is 3. The summed E-state index contributed by atoms with van der Waals surface area (Å²) in [5.74, 6) is -0.725. The van der Waals surface area contributed by atoms with E-state index >= 15 is 0 Å². The van der Waals surface area contributed by atoms with Gasteiger partial charge in [-0.1, -0.05) is 30.3 Å². The minimum atomic E-state index is -0.371. The van der Waals surface area contributed by atoms with Crippen LogP contribution < -0.4 is 16.2 Å². The second-order valence-corrected chi connectivity index (χ2v) is 5.47. The molecule has 0 aromatic heterocycles. The minimum absolute atomic E-state index is 0.00857. The van der Waals surface area contributed by atoms with Crippen LogP contribution >= 0.6 is 28.1 Å². The van der Waals surface area contributed by atoms with E-state index in [0.29, 0.717) is 15.6 Å². The molecule has 112 valence electrons. The van der Waals surface area contributed by atoms with Crippen LogP contribution in [0.1, 0.15) is 20.7 Å². The fourth-order valence-corrected chi connectivity index (χ4v) is 2.23. The predicted octanol–water partition coefficient (Wildman–Crippen LogP) is 2.40. The summed E-state index contributed by atoms with van der Waals surface area (Å²) in [6.07, 6.45) is 0. The molecule has 0 unspecified atom stereocenters. The lowest BCUT2D eigenvalue weighted by Gasteiger charge is -2.11. The molecule has 0 bridgehead atoms. The number of hydrazine groups is 1. The summed E-state index contributed by atoms with van der Waals surface area (Å²) in [5, 5.41) is 2.48. The van der Waals surface area contributed by atoms with Gasteiger partial charge in [0, 0.05) is 10.0 Å². The standard InChI is InChI=1S/C15H12BrN3O2S/c16-12-9-5-4-8-11(12)14(21)18-19-15(22)17-13(20)10-6-2-1-3-7-10/h1-9H,(H,18,21)(H2,17,19,20,22). The van der Waals surface area contributed by atoms with Gasteiger partial charge in [-0.05, 0) is 52.4 Å². The van der Waals surface area contributed by atoms with Crippen LogP contribution in [0.3, 0.4) is 0 Å². The highest BCUT2D eigenvalue weighted by Gasteiger charge is 2.10. The van der Waals surface area contributed by atoms with E-state index in [-0.39, 0.29) is 16.9 Å². The second-order valence-electron chi connectivity index (χ2n) is 4.21. The van der Waals surface area contributed by atoms with Crippen molar-refractivity contribution in [3.8, 4) is 0 Å². The molecule has 22 heavy (non-hydrogen) atoms. The van der Waals surface area contributed by atoms with Gasteiger partial charge in [0.1, 0.15) is 0 Å². The van der Waals surface area contributed by atoms with E-state index < -0.39 is 0 Å². The van der Waals surface area contributed by atoms with Crippen molar-refractivity contribution in [3.63, 3.8) is 0 Å². The smallest absolute Gasteiger partial charge is 0.270 e. The first-order valence-corrected chi connectivity index (χ1v) is 7.49. The SMILES string of the molecule is O=C(NC(=S)NNC(=O)c1ccccc1Br)c1ccccc1. The first-order valence-electron chi connectivity index (χ1n) is 6.29. The highest BCUT2D eigenvalue weighted by Crippen LogP contribution is 2.15. The van der Waals surface area contributed by atoms with Gasteiger partial charge in [0.2, 0.25) is 0 Å². The first kappa shape index (κ1) is 16.1. The normalized spacial score (nSPS) is 9.68. The molecule has 2 aromatic rings. The lowest BCUT2D eigenvalue weighted by molar-refractivity contribution is 0.0934. The molecule has 3 N–H and O–H groups in total. The number of nitrogens with one attached hydrogen (secondary N) is 3. The van der Waals surface area contributed by atoms with Gasteiger partial charge in [-0.2, -0.15) is 0 Å². The molecule has 2 rings (SSSR count). The zero-order valence-corrected chi connectivity index (χ0v) is 13.7. The molecular weight excluding hydrogens is 366 g/mol. The molecule has 0 aliphatic carbocycles. The molecule has 0 fully saturated rings. The number of halogens is 1. The first-order chi connectivity index (χ1) is 10.6. The van der Waals surface area contributed by atoms with Crippen molar-refractivity contribution in [2.24, 2.45) is 0 Å². The third-order valence-corrected chi connectivity index (χ3v) is 3.57. The van der Waals surface area contributed by atoms with Gasteiger partial charge in [0.05, 0.1) is 5.56 Å². The fraction of sp³-hybridized carbons (Fsp3) is 0. The largest absolute Gasteiger partial charge is 0.298 e. The molecule has 0 heterocycles. The molecule has 0 saturated carbocycles. The Morgan fingerprint density at radius 2 is 1.50 bits per heavy atom. The van der Waals surface area contributed by atoms with Gasteiger partial charge in [-0.15, -0.1) is 0 Å². The Balaban J connectivity index is 1.87. The Kier molecular flexibility index (Phi) is 5.62. The van der Waals surface area contributed by atoms with E-state index in [1.165, 1.54) is 0 Å². The third-order valence-electron chi connectivity index (χ3n) is 2.67. The Bertz CT molecular complexity index is 707. The van der Waals surface area contributed by atoms with Gasteiger partial charge in [-0.25, -0.2) is 0 Å². The molecule has 0 aliphatic heterocycles. The van der Waals surface area contributed by atoms with E-state index in [4.69, 9.17) is 12.2 Å². The van der Waals surface area contributed by atoms with Crippen LogP contribution in [0.2, 0.25) is 0 Å². The fourth-order valence-electron chi connectivity index (χ4n) is 1.62. The second kappa shape index (κ2) is 7.67. The minimum Gasteiger partial charge on any atom is -0.298 e. The number of hydrogen-bond donors (Lipinski definition) is 3. The highest BCUT2D eigenvalue weighted by atomic mass is 79.9. The zero-order valence-electron chi connectivity index (χ0n) is 11.3. The Labute approximate surface area is 141 Å². The lowest BCUT2D eigenvalue weighted by atomic mass is 10.2. The highest BCUT2D eigenvalue weighted by molar-refractivity contribution is 9.10. The Morgan fingerprint density at radius 3 is 2.18 bits per heavy atom. The van der Waals surface area contributed by atoms with E-state index in [1.807, 2.05) is 6.07 Å². The summed E-state index contributed by atoms with van der Waals surface area (Å²) in [4.78, 5) is 23.8. The van der Waals surface area contributed by atoms with Crippen LogP contribution in [0, 0.1) is 0 Å². The molecule has 5 nitrogen and oxygen atoms in total. The molecule has 0 spiro atoms. The van der Waals surface area contributed by atoms with Crippen molar-refractivity contribution >= 4 is 45.1 Å². The van der Waals surface area contributed by atoms with Gasteiger partial charge in [0.25, 0.3) is 11.8 Å². The Hall–Kier alpha value is -2.25. The van der Waals surface area contributed by atoms with E-state index in [1.54, 1.807) is 48.5 Å². The van der Waals surface area contributed by atoms with Gasteiger partial charge in [0.15, 0.2) is 5.11 Å². The number of rotatable bonds is 2. The average molecular weight is 378 g/mol. The molecule has 0 saturated heterocycles. The summed E-state index contributed by atoms with van der Waals surface area (Å²) >= 11 is 8.25. The van der Waals surface area contributed by atoms with Crippen molar-refractivity contribution < 1.29 is 9.59 Å². The van der Waals surface area contributed by atoms with Crippen molar-refractivity contribution in [3.05, 3.63) is 70.2 Å². The van der Waals surface area contributed by atoms with E-state index in [2.05, 4.69) is 32.1 Å². The molecule has 2 amide bonds. The molecule has 0 atom stereocenters. The summed E-state index contributed by atoms with van der Waals surface area (Å²) in [7, 11) is 0. The maximum atomic E-state index is 11.9. The monoisotopic (exact) mass is 377 g/mol. The van der Waals surface area contributed by atoms with Crippen LogP contribution in [-0.4, -0.2) is 16.9 Å². The topological polar surface area (TPSA) is 70.2 Å². The summed E-state index contributed by atoms with van der Waals surface area (Å²) in [5.41, 5.74) is 5.84. The van der Waals surface area contributed by atoms with Crippen molar-refractivity contribution in [1.82, 2.24) is 16.2 Å². The zero-order chi connectivity index (χ0) is 15.9. The van der Waals surface area contributed by atoms with Crippen molar-refractivity contribution in [2.75, 3.05) is 0 Å². The number of thiocarbonyl (C=S) groups is 1. The third kappa shape index (κ3) is 4.37. The van der Waals surface area contributed by atoms with E-state index in [0.717, 1.165) is 0 Å². The van der Waals surface area contributed by atoms with Crippen LogP contribution in [0.25, 0.3) is 0 Å². The maximum absolute atomic E-state index is 11.9. The van der Waals surface area contributed by atoms with Crippen molar-refractivity contribution in [2.45, 2.75) is 0 Å². The molecule has 0 radical (unpaired) electrons.